The van der Waals surface area contributed by atoms with Crippen molar-refractivity contribution in [1.82, 2.24) is 5.01 Å². The maximum absolute atomic E-state index is 12.0. The number of carbonyl (C=O) groups is 1. The molecule has 2 aromatic rings. The summed E-state index contributed by atoms with van der Waals surface area (Å²) in [6, 6.07) is 15.8. The number of hydrazone groups is 1. The van der Waals surface area contributed by atoms with Gasteiger partial charge in [-0.25, -0.2) is 0 Å². The third-order valence-electron chi connectivity index (χ3n) is 3.93. The first kappa shape index (κ1) is 16.7. The molecule has 0 fully saturated rings. The molecule has 1 atom stereocenters. The number of carbonyl (C=O) groups excluding carboxylic acids is 1. The topological polar surface area (TPSA) is 41.9 Å². The normalized spacial score (nSPS) is 17.0. The van der Waals surface area contributed by atoms with Gasteiger partial charge in [-0.15, -0.1) is 5.10 Å². The lowest BCUT2D eigenvalue weighted by molar-refractivity contribution is -0.135. The van der Waals surface area contributed by atoms with Crippen LogP contribution < -0.4 is 0 Å². The van der Waals surface area contributed by atoms with Gasteiger partial charge in [0.25, 0.3) is 0 Å². The van der Waals surface area contributed by atoms with Crippen LogP contribution in [0.2, 0.25) is 0 Å². The van der Waals surface area contributed by atoms with Crippen molar-refractivity contribution in [2.75, 3.05) is 0 Å². The van der Waals surface area contributed by atoms with Gasteiger partial charge >= 0.3 is 0 Å². The van der Waals surface area contributed by atoms with Crippen LogP contribution in [0.3, 0.4) is 0 Å². The molecule has 0 aromatic heterocycles. The molecule has 4 nitrogen and oxygen atoms in total. The first-order valence-corrected chi connectivity index (χ1v) is 8.66. The summed E-state index contributed by atoms with van der Waals surface area (Å²) in [7, 11) is 0. The number of halogens is 1. The van der Waals surface area contributed by atoms with Crippen LogP contribution in [0.1, 0.15) is 49.6 Å². The summed E-state index contributed by atoms with van der Waals surface area (Å²) in [5, 5.41) is 5.76. The Hall–Kier alpha value is -2.14. The molecule has 5 heteroatoms. The van der Waals surface area contributed by atoms with Gasteiger partial charge in [-0.1, -0.05) is 60.1 Å². The molecule has 0 saturated carbocycles. The summed E-state index contributed by atoms with van der Waals surface area (Å²) in [6.07, 6.45) is -0.530. The van der Waals surface area contributed by atoms with Gasteiger partial charge in [-0.05, 0) is 29.7 Å². The first-order valence-electron chi connectivity index (χ1n) is 7.86. The fourth-order valence-corrected chi connectivity index (χ4v) is 2.97. The minimum Gasteiger partial charge on any atom is -0.446 e. The van der Waals surface area contributed by atoms with Crippen LogP contribution in [0.5, 0.6) is 0 Å². The zero-order valence-corrected chi connectivity index (χ0v) is 15.4. The van der Waals surface area contributed by atoms with E-state index in [9.17, 15) is 4.79 Å². The van der Waals surface area contributed by atoms with E-state index in [2.05, 4.69) is 47.0 Å². The summed E-state index contributed by atoms with van der Waals surface area (Å²) in [5.41, 5.74) is 2.99. The van der Waals surface area contributed by atoms with Crippen LogP contribution in [-0.4, -0.2) is 16.8 Å². The van der Waals surface area contributed by atoms with Gasteiger partial charge in [-0.2, -0.15) is 5.01 Å². The van der Waals surface area contributed by atoms with Crippen molar-refractivity contribution in [3.05, 3.63) is 69.7 Å². The second-order valence-corrected chi connectivity index (χ2v) is 6.99. The van der Waals surface area contributed by atoms with Crippen molar-refractivity contribution < 1.29 is 9.53 Å². The minimum atomic E-state index is -0.530. The molecule has 3 rings (SSSR count). The zero-order valence-electron chi connectivity index (χ0n) is 13.9. The average Bonchev–Trinajstić information content (AvgIpc) is 3.00. The predicted octanol–water partition coefficient (Wildman–Crippen LogP) is 4.81. The summed E-state index contributed by atoms with van der Waals surface area (Å²) in [6.45, 7) is 5.79. The fraction of sp³-hybridized carbons (Fsp3) is 0.263. The molecular weight excluding hydrogens is 368 g/mol. The molecule has 1 aliphatic heterocycles. The molecule has 0 bridgehead atoms. The van der Waals surface area contributed by atoms with E-state index in [0.29, 0.717) is 11.8 Å². The Balaban J connectivity index is 1.90. The van der Waals surface area contributed by atoms with E-state index in [-0.39, 0.29) is 5.91 Å². The largest absolute Gasteiger partial charge is 0.446 e. The second-order valence-electron chi connectivity index (χ2n) is 6.07. The Kier molecular flexibility index (Phi) is 4.71. The second kappa shape index (κ2) is 6.77. The van der Waals surface area contributed by atoms with E-state index >= 15 is 0 Å². The van der Waals surface area contributed by atoms with Gasteiger partial charge in [0, 0.05) is 22.5 Å². The molecule has 0 saturated heterocycles. The van der Waals surface area contributed by atoms with Gasteiger partial charge in [0.15, 0.2) is 0 Å². The third kappa shape index (κ3) is 3.36. The summed E-state index contributed by atoms with van der Waals surface area (Å²) in [4.78, 5) is 12.0. The molecule has 0 N–H and O–H groups in total. The smallest absolute Gasteiger partial charge is 0.243 e. The molecule has 0 unspecified atom stereocenters. The highest BCUT2D eigenvalue weighted by atomic mass is 79.9. The highest BCUT2D eigenvalue weighted by molar-refractivity contribution is 9.10. The lowest BCUT2D eigenvalue weighted by Crippen LogP contribution is -2.25. The van der Waals surface area contributed by atoms with E-state index in [1.807, 2.05) is 36.4 Å². The lowest BCUT2D eigenvalue weighted by Gasteiger charge is -2.19. The van der Waals surface area contributed by atoms with Crippen LogP contribution in [-0.2, 0) is 9.53 Å². The summed E-state index contributed by atoms with van der Waals surface area (Å²) < 4.78 is 6.93. The maximum Gasteiger partial charge on any atom is 0.243 e. The molecule has 124 valence electrons. The number of hydrogen-bond acceptors (Lipinski definition) is 3. The van der Waals surface area contributed by atoms with Crippen molar-refractivity contribution in [3.8, 4) is 0 Å². The molecule has 1 amide bonds. The van der Waals surface area contributed by atoms with Crippen LogP contribution in [0.4, 0.5) is 0 Å². The molecule has 24 heavy (non-hydrogen) atoms. The Bertz CT molecular complexity index is 784. The van der Waals surface area contributed by atoms with Crippen LogP contribution in [0, 0.1) is 0 Å². The molecule has 0 radical (unpaired) electrons. The molecule has 0 aliphatic carbocycles. The molecule has 0 spiro atoms. The minimum absolute atomic E-state index is 0.155. The Morgan fingerprint density at radius 3 is 2.50 bits per heavy atom. The number of ether oxygens (including phenoxy) is 1. The highest BCUT2D eigenvalue weighted by Crippen LogP contribution is 2.31. The van der Waals surface area contributed by atoms with Crippen molar-refractivity contribution in [2.45, 2.75) is 32.9 Å². The highest BCUT2D eigenvalue weighted by Gasteiger charge is 2.33. The number of nitrogens with zero attached hydrogens (tertiary/aromatic N) is 2. The maximum atomic E-state index is 12.0. The number of rotatable bonds is 3. The molecule has 2 aromatic carbocycles. The Labute approximate surface area is 150 Å². The SMILES string of the molecule is CC(=O)N1N=C(c2cccc(Br)c2)O[C@@H]1c1ccc(C(C)C)cc1. The number of benzene rings is 2. The Morgan fingerprint density at radius 1 is 1.21 bits per heavy atom. The standard InChI is InChI=1S/C19H19BrN2O2/c1-12(2)14-7-9-15(10-8-14)19-22(13(3)23)21-18(24-19)16-5-4-6-17(20)11-16/h4-12,19H,1-3H3/t19-/m1/s1. The van der Waals surface area contributed by atoms with Crippen molar-refractivity contribution in [2.24, 2.45) is 5.10 Å². The van der Waals surface area contributed by atoms with E-state index < -0.39 is 6.23 Å². The average molecular weight is 387 g/mol. The quantitative estimate of drug-likeness (QED) is 0.759. The van der Waals surface area contributed by atoms with E-state index in [1.165, 1.54) is 17.5 Å². The molecular formula is C19H19BrN2O2. The fourth-order valence-electron chi connectivity index (χ4n) is 2.57. The van der Waals surface area contributed by atoms with Gasteiger partial charge in [0.2, 0.25) is 18.0 Å². The van der Waals surface area contributed by atoms with Gasteiger partial charge in [-0.3, -0.25) is 4.79 Å². The monoisotopic (exact) mass is 386 g/mol. The third-order valence-corrected chi connectivity index (χ3v) is 4.42. The molecule has 1 aliphatic rings. The zero-order chi connectivity index (χ0) is 17.3. The van der Waals surface area contributed by atoms with E-state index in [0.717, 1.165) is 15.6 Å². The van der Waals surface area contributed by atoms with Crippen molar-refractivity contribution in [3.63, 3.8) is 0 Å². The van der Waals surface area contributed by atoms with Crippen molar-refractivity contribution in [1.29, 1.82) is 0 Å². The number of amides is 1. The van der Waals surface area contributed by atoms with Gasteiger partial charge in [0.05, 0.1) is 0 Å². The van der Waals surface area contributed by atoms with Crippen molar-refractivity contribution >= 4 is 27.7 Å². The number of hydrogen-bond donors (Lipinski definition) is 0. The van der Waals surface area contributed by atoms with Crippen LogP contribution in [0.15, 0.2) is 58.1 Å². The lowest BCUT2D eigenvalue weighted by atomic mass is 10.0. The van der Waals surface area contributed by atoms with Crippen LogP contribution >= 0.6 is 15.9 Å². The summed E-state index contributed by atoms with van der Waals surface area (Å²) in [5.74, 6) is 0.753. The summed E-state index contributed by atoms with van der Waals surface area (Å²) >= 11 is 3.44. The van der Waals surface area contributed by atoms with E-state index in [4.69, 9.17) is 4.74 Å². The Morgan fingerprint density at radius 2 is 1.92 bits per heavy atom. The van der Waals surface area contributed by atoms with Gasteiger partial charge in [0.1, 0.15) is 0 Å². The van der Waals surface area contributed by atoms with Crippen LogP contribution in [0.25, 0.3) is 0 Å². The first-order chi connectivity index (χ1) is 11.5. The molecule has 1 heterocycles. The van der Waals surface area contributed by atoms with Gasteiger partial charge < -0.3 is 4.74 Å². The van der Waals surface area contributed by atoms with E-state index in [1.54, 1.807) is 0 Å². The predicted molar refractivity (Wildman–Crippen MR) is 97.6 cm³/mol.